The molecule has 172 valence electrons. The van der Waals surface area contributed by atoms with Crippen LogP contribution in [-0.4, -0.2) is 46.6 Å². The first-order valence-electron chi connectivity index (χ1n) is 10.4. The van der Waals surface area contributed by atoms with Crippen LogP contribution < -0.4 is 5.32 Å². The summed E-state index contributed by atoms with van der Waals surface area (Å²) in [6.45, 7) is 6.10. The number of aryl methyl sites for hydroxylation is 1. The number of nitrogens with zero attached hydrogens (tertiary/aromatic N) is 5. The minimum atomic E-state index is -2.95. The number of pyridine rings is 1. The van der Waals surface area contributed by atoms with Gasteiger partial charge in [-0.3, -0.25) is 14.1 Å². The maximum Gasteiger partial charge on any atom is 0.268 e. The number of hydrogen-bond donors (Lipinski definition) is 3. The predicted octanol–water partition coefficient (Wildman–Crippen LogP) is 4.80. The van der Waals surface area contributed by atoms with Gasteiger partial charge in [0.05, 0.1) is 17.6 Å². The van der Waals surface area contributed by atoms with Crippen molar-refractivity contribution >= 4 is 10.6 Å². The molecule has 3 aromatic heterocycles. The lowest BCUT2D eigenvalue weighted by atomic mass is 10.1. The van der Waals surface area contributed by atoms with Gasteiger partial charge >= 0.3 is 0 Å². The monoisotopic (exact) mass is 466 g/mol. The van der Waals surface area contributed by atoms with Crippen molar-refractivity contribution in [3.8, 4) is 34.3 Å². The summed E-state index contributed by atoms with van der Waals surface area (Å²) in [4.78, 5) is 13.3. The van der Waals surface area contributed by atoms with Crippen molar-refractivity contribution in [2.75, 3.05) is 7.05 Å². The Balaban J connectivity index is 1.62. The summed E-state index contributed by atoms with van der Waals surface area (Å²) in [5.41, 5.74) is 4.35. The van der Waals surface area contributed by atoms with Crippen molar-refractivity contribution in [2.45, 2.75) is 37.6 Å². The second-order valence-electron chi connectivity index (χ2n) is 7.86. The van der Waals surface area contributed by atoms with Crippen LogP contribution in [0.2, 0.25) is 0 Å². The quantitative estimate of drug-likeness (QED) is 0.351. The molecule has 0 unspecified atom stereocenters. The number of aromatic nitrogens is 5. The molecule has 0 fully saturated rings. The minimum Gasteiger partial charge on any atom is -0.415 e. The van der Waals surface area contributed by atoms with Crippen LogP contribution in [0.15, 0.2) is 58.2 Å². The zero-order chi connectivity index (χ0) is 23.6. The fourth-order valence-corrected chi connectivity index (χ4v) is 4.11. The average molecular weight is 467 g/mol. The summed E-state index contributed by atoms with van der Waals surface area (Å²) in [6.07, 6.45) is 3.19. The van der Waals surface area contributed by atoms with Crippen LogP contribution in [0.25, 0.3) is 34.3 Å². The number of rotatable bonds is 7. The fraction of sp³-hybridized carbons (Fsp3) is 0.261. The Morgan fingerprint density at radius 3 is 2.27 bits per heavy atom. The van der Waals surface area contributed by atoms with Crippen molar-refractivity contribution in [2.24, 2.45) is 0 Å². The standard InChI is InChI=1S/C23H26N6O3S/c1-14(2)33(30,31)20-10-9-18(12-26-20)19-13-25-15(3)21(27-19)23-29-28-22(32-23)17-7-5-16(6-8-17)11-24-4/h5-10,12-14,24,30-31H,11H2,1-4H3. The van der Waals surface area contributed by atoms with E-state index in [2.05, 4.69) is 30.5 Å². The lowest BCUT2D eigenvalue weighted by Gasteiger charge is -2.35. The SMILES string of the molecule is CNCc1ccc(-c2nnc(-c3nc(-c4ccc(S(O)(O)C(C)C)nc4)cnc3C)o2)cc1. The van der Waals surface area contributed by atoms with E-state index in [1.165, 1.54) is 0 Å². The van der Waals surface area contributed by atoms with Crippen LogP contribution in [0.1, 0.15) is 25.1 Å². The van der Waals surface area contributed by atoms with Crippen LogP contribution in [0.4, 0.5) is 0 Å². The van der Waals surface area contributed by atoms with Crippen molar-refractivity contribution < 1.29 is 13.5 Å². The van der Waals surface area contributed by atoms with Crippen molar-refractivity contribution in [3.63, 3.8) is 0 Å². The summed E-state index contributed by atoms with van der Waals surface area (Å²) < 4.78 is 26.5. The molecule has 0 aliphatic rings. The highest BCUT2D eigenvalue weighted by atomic mass is 32.3. The van der Waals surface area contributed by atoms with Crippen LogP contribution >= 0.6 is 10.6 Å². The maximum absolute atomic E-state index is 10.3. The Morgan fingerprint density at radius 1 is 0.939 bits per heavy atom. The second-order valence-corrected chi connectivity index (χ2v) is 10.4. The molecule has 0 bridgehead atoms. The van der Waals surface area contributed by atoms with Crippen molar-refractivity contribution in [1.29, 1.82) is 0 Å². The summed E-state index contributed by atoms with van der Waals surface area (Å²) in [5.74, 6) is 0.673. The van der Waals surface area contributed by atoms with Crippen molar-refractivity contribution in [3.05, 3.63) is 60.0 Å². The Bertz CT molecular complexity index is 1240. The smallest absolute Gasteiger partial charge is 0.268 e. The molecule has 3 heterocycles. The topological polar surface area (TPSA) is 130 Å². The summed E-state index contributed by atoms with van der Waals surface area (Å²) in [7, 11) is -1.05. The Kier molecular flexibility index (Phi) is 6.52. The second kappa shape index (κ2) is 9.36. The van der Waals surface area contributed by atoms with E-state index in [9.17, 15) is 9.11 Å². The molecule has 0 aliphatic heterocycles. The van der Waals surface area contributed by atoms with Crippen LogP contribution in [0.3, 0.4) is 0 Å². The van der Waals surface area contributed by atoms with E-state index in [0.29, 0.717) is 28.5 Å². The molecule has 3 N–H and O–H groups in total. The third kappa shape index (κ3) is 4.79. The molecule has 0 atom stereocenters. The first kappa shape index (κ1) is 23.0. The number of nitrogens with one attached hydrogen (secondary N) is 1. The molecule has 0 spiro atoms. The molecule has 0 radical (unpaired) electrons. The molecule has 4 rings (SSSR count). The largest absolute Gasteiger partial charge is 0.415 e. The molecule has 0 amide bonds. The van der Waals surface area contributed by atoms with E-state index >= 15 is 0 Å². The average Bonchev–Trinajstić information content (AvgIpc) is 3.30. The Morgan fingerprint density at radius 2 is 1.64 bits per heavy atom. The normalized spacial score (nSPS) is 12.3. The summed E-state index contributed by atoms with van der Waals surface area (Å²) in [5, 5.41) is 11.4. The first-order chi connectivity index (χ1) is 15.8. The number of benzene rings is 1. The van der Waals surface area contributed by atoms with Crippen LogP contribution in [-0.2, 0) is 6.54 Å². The van der Waals surface area contributed by atoms with E-state index in [0.717, 1.165) is 17.7 Å². The fourth-order valence-electron chi connectivity index (χ4n) is 3.15. The molecule has 0 saturated carbocycles. The van der Waals surface area contributed by atoms with Gasteiger partial charge < -0.3 is 9.73 Å². The van der Waals surface area contributed by atoms with Crippen molar-refractivity contribution in [1.82, 2.24) is 30.5 Å². The predicted molar refractivity (Wildman–Crippen MR) is 128 cm³/mol. The van der Waals surface area contributed by atoms with Gasteiger partial charge in [0.1, 0.15) is 10.7 Å². The first-order valence-corrected chi connectivity index (χ1v) is 12.1. The lowest BCUT2D eigenvalue weighted by molar-refractivity contribution is 0.472. The maximum atomic E-state index is 10.3. The summed E-state index contributed by atoms with van der Waals surface area (Å²) in [6, 6.07) is 11.2. The van der Waals surface area contributed by atoms with E-state index in [1.54, 1.807) is 38.4 Å². The third-order valence-electron chi connectivity index (χ3n) is 5.16. The zero-order valence-electron chi connectivity index (χ0n) is 18.9. The molecule has 0 saturated heterocycles. The Hall–Kier alpha value is -3.18. The molecular formula is C23H26N6O3S. The highest BCUT2D eigenvalue weighted by molar-refractivity contribution is 8.24. The van der Waals surface area contributed by atoms with Gasteiger partial charge in [0.15, 0.2) is 0 Å². The van der Waals surface area contributed by atoms with E-state index in [1.807, 2.05) is 38.2 Å². The zero-order valence-corrected chi connectivity index (χ0v) is 19.7. The highest BCUT2D eigenvalue weighted by Gasteiger charge is 2.22. The third-order valence-corrected chi connectivity index (χ3v) is 7.33. The molecule has 0 aliphatic carbocycles. The Labute approximate surface area is 193 Å². The lowest BCUT2D eigenvalue weighted by Crippen LogP contribution is -2.11. The molecule has 4 aromatic rings. The van der Waals surface area contributed by atoms with E-state index in [-0.39, 0.29) is 16.2 Å². The molecular weight excluding hydrogens is 440 g/mol. The molecule has 10 heteroatoms. The summed E-state index contributed by atoms with van der Waals surface area (Å²) >= 11 is 0. The number of hydrogen-bond acceptors (Lipinski definition) is 9. The van der Waals surface area contributed by atoms with Gasteiger partial charge in [0.2, 0.25) is 5.89 Å². The molecule has 1 aromatic carbocycles. The van der Waals surface area contributed by atoms with Gasteiger partial charge in [0, 0.05) is 29.1 Å². The van der Waals surface area contributed by atoms with E-state index in [4.69, 9.17) is 4.42 Å². The van der Waals surface area contributed by atoms with Gasteiger partial charge in [-0.25, -0.2) is 9.97 Å². The minimum absolute atomic E-state index is 0.254. The molecule has 33 heavy (non-hydrogen) atoms. The highest BCUT2D eigenvalue weighted by Crippen LogP contribution is 2.51. The van der Waals surface area contributed by atoms with Gasteiger partial charge in [-0.1, -0.05) is 12.1 Å². The van der Waals surface area contributed by atoms with Gasteiger partial charge in [-0.05, 0) is 57.6 Å². The van der Waals surface area contributed by atoms with Gasteiger partial charge in [0.25, 0.3) is 5.89 Å². The van der Waals surface area contributed by atoms with E-state index < -0.39 is 10.6 Å². The van der Waals surface area contributed by atoms with Gasteiger partial charge in [-0.2, -0.15) is 0 Å². The molecule has 9 nitrogen and oxygen atoms in total. The van der Waals surface area contributed by atoms with Gasteiger partial charge in [-0.15, -0.1) is 20.8 Å². The van der Waals surface area contributed by atoms with Crippen LogP contribution in [0.5, 0.6) is 0 Å². The van der Waals surface area contributed by atoms with Crippen LogP contribution in [0, 0.1) is 6.92 Å².